The largest absolute Gasteiger partial charge is 0.365 e. The van der Waals surface area contributed by atoms with Crippen molar-refractivity contribution in [2.24, 2.45) is 5.73 Å². The standard InChI is InChI=1S/C12H8ClF2N3O/c13-11-4-10(9(5-17-11)12(16)19)18-8-2-6(14)1-7(15)3-8/h1-5H,(H2,16,19)(H,17,18). The van der Waals surface area contributed by atoms with Crippen LogP contribution >= 0.6 is 11.6 Å². The third-order valence-electron chi connectivity index (χ3n) is 2.28. The Morgan fingerprint density at radius 2 is 1.84 bits per heavy atom. The minimum atomic E-state index is -0.747. The van der Waals surface area contributed by atoms with Gasteiger partial charge in [0.25, 0.3) is 5.91 Å². The number of primary amides is 1. The highest BCUT2D eigenvalue weighted by molar-refractivity contribution is 6.29. The predicted octanol–water partition coefficient (Wildman–Crippen LogP) is 2.86. The summed E-state index contributed by atoms with van der Waals surface area (Å²) in [6.45, 7) is 0. The van der Waals surface area contributed by atoms with Gasteiger partial charge in [-0.05, 0) is 18.2 Å². The number of amides is 1. The summed E-state index contributed by atoms with van der Waals surface area (Å²) in [6, 6.07) is 4.22. The van der Waals surface area contributed by atoms with Gasteiger partial charge in [0.1, 0.15) is 16.8 Å². The SMILES string of the molecule is NC(=O)c1cnc(Cl)cc1Nc1cc(F)cc(F)c1. The number of carbonyl (C=O) groups excluding carboxylic acids is 1. The smallest absolute Gasteiger partial charge is 0.252 e. The van der Waals surface area contributed by atoms with Gasteiger partial charge in [-0.3, -0.25) is 4.79 Å². The Bertz CT molecular complexity index is 629. The van der Waals surface area contributed by atoms with Crippen LogP contribution in [0.25, 0.3) is 0 Å². The maximum atomic E-state index is 13.1. The number of hydrogen-bond donors (Lipinski definition) is 2. The first kappa shape index (κ1) is 13.2. The zero-order chi connectivity index (χ0) is 14.0. The van der Waals surface area contributed by atoms with E-state index in [2.05, 4.69) is 10.3 Å². The summed E-state index contributed by atoms with van der Waals surface area (Å²) in [5.74, 6) is -2.23. The van der Waals surface area contributed by atoms with Gasteiger partial charge in [0.15, 0.2) is 0 Å². The molecule has 0 atom stereocenters. The molecule has 0 saturated carbocycles. The van der Waals surface area contributed by atoms with Crippen molar-refractivity contribution in [2.45, 2.75) is 0 Å². The van der Waals surface area contributed by atoms with Crippen molar-refractivity contribution in [3.05, 3.63) is 52.8 Å². The quantitative estimate of drug-likeness (QED) is 0.851. The molecular formula is C12H8ClF2N3O. The Labute approximate surface area is 112 Å². The summed E-state index contributed by atoms with van der Waals surface area (Å²) in [7, 11) is 0. The minimum Gasteiger partial charge on any atom is -0.365 e. The summed E-state index contributed by atoms with van der Waals surface area (Å²) in [6.07, 6.45) is 1.18. The Morgan fingerprint density at radius 3 is 2.42 bits per heavy atom. The third-order valence-corrected chi connectivity index (χ3v) is 2.48. The van der Waals surface area contributed by atoms with Gasteiger partial charge < -0.3 is 11.1 Å². The number of carbonyl (C=O) groups is 1. The second-order valence-corrected chi connectivity index (χ2v) is 4.09. The number of aromatic nitrogens is 1. The molecule has 0 spiro atoms. The first-order chi connectivity index (χ1) is 8.95. The summed E-state index contributed by atoms with van der Waals surface area (Å²) in [5, 5.41) is 2.79. The van der Waals surface area contributed by atoms with Crippen molar-refractivity contribution in [3.8, 4) is 0 Å². The summed E-state index contributed by atoms with van der Waals surface area (Å²) >= 11 is 5.70. The van der Waals surface area contributed by atoms with Crippen molar-refractivity contribution in [2.75, 3.05) is 5.32 Å². The topological polar surface area (TPSA) is 68.0 Å². The highest BCUT2D eigenvalue weighted by atomic mass is 35.5. The average Bonchev–Trinajstić information content (AvgIpc) is 2.26. The fourth-order valence-electron chi connectivity index (χ4n) is 1.51. The molecule has 98 valence electrons. The van der Waals surface area contributed by atoms with Crippen LogP contribution in [0.3, 0.4) is 0 Å². The average molecular weight is 284 g/mol. The number of hydrogen-bond acceptors (Lipinski definition) is 3. The summed E-state index contributed by atoms with van der Waals surface area (Å²) in [5.41, 5.74) is 5.58. The fourth-order valence-corrected chi connectivity index (χ4v) is 1.67. The molecule has 19 heavy (non-hydrogen) atoms. The maximum Gasteiger partial charge on any atom is 0.252 e. The van der Waals surface area contributed by atoms with E-state index in [4.69, 9.17) is 17.3 Å². The van der Waals surface area contributed by atoms with Crippen LogP contribution in [0.1, 0.15) is 10.4 Å². The Morgan fingerprint density at radius 1 is 1.21 bits per heavy atom. The predicted molar refractivity (Wildman–Crippen MR) is 67.4 cm³/mol. The lowest BCUT2D eigenvalue weighted by atomic mass is 10.2. The molecule has 1 aromatic carbocycles. The van der Waals surface area contributed by atoms with Crippen LogP contribution in [-0.2, 0) is 0 Å². The zero-order valence-corrected chi connectivity index (χ0v) is 10.2. The molecule has 7 heteroatoms. The third kappa shape index (κ3) is 3.17. The molecule has 2 aromatic rings. The monoisotopic (exact) mass is 283 g/mol. The zero-order valence-electron chi connectivity index (χ0n) is 9.45. The molecule has 1 aromatic heterocycles. The van der Waals surface area contributed by atoms with E-state index < -0.39 is 17.5 Å². The van der Waals surface area contributed by atoms with Gasteiger partial charge in [0.05, 0.1) is 11.3 Å². The second-order valence-electron chi connectivity index (χ2n) is 3.70. The highest BCUT2D eigenvalue weighted by Crippen LogP contribution is 2.24. The first-order valence-electron chi connectivity index (χ1n) is 5.14. The number of nitrogens with two attached hydrogens (primary N) is 1. The van der Waals surface area contributed by atoms with Crippen LogP contribution in [0.5, 0.6) is 0 Å². The molecule has 0 aliphatic carbocycles. The van der Waals surface area contributed by atoms with Crippen molar-refractivity contribution in [1.82, 2.24) is 4.98 Å². The Hall–Kier alpha value is -2.21. The molecule has 1 amide bonds. The number of nitrogens with one attached hydrogen (secondary N) is 1. The lowest BCUT2D eigenvalue weighted by Gasteiger charge is -2.10. The van der Waals surface area contributed by atoms with Gasteiger partial charge in [-0.15, -0.1) is 0 Å². The van der Waals surface area contributed by atoms with Gasteiger partial charge >= 0.3 is 0 Å². The summed E-state index contributed by atoms with van der Waals surface area (Å²) < 4.78 is 26.1. The molecule has 0 fully saturated rings. The number of benzene rings is 1. The molecule has 0 bridgehead atoms. The van der Waals surface area contributed by atoms with E-state index in [1.54, 1.807) is 0 Å². The van der Waals surface area contributed by atoms with E-state index in [1.807, 2.05) is 0 Å². The van der Waals surface area contributed by atoms with E-state index >= 15 is 0 Å². The number of pyridine rings is 1. The van der Waals surface area contributed by atoms with Crippen LogP contribution in [-0.4, -0.2) is 10.9 Å². The maximum absolute atomic E-state index is 13.1. The Kier molecular flexibility index (Phi) is 3.62. The molecule has 0 saturated heterocycles. The number of rotatable bonds is 3. The minimum absolute atomic E-state index is 0.0640. The molecule has 1 heterocycles. The van der Waals surface area contributed by atoms with Gasteiger partial charge in [-0.25, -0.2) is 13.8 Å². The van der Waals surface area contributed by atoms with Crippen molar-refractivity contribution in [1.29, 1.82) is 0 Å². The number of nitrogens with zero attached hydrogens (tertiary/aromatic N) is 1. The van der Waals surface area contributed by atoms with Crippen molar-refractivity contribution in [3.63, 3.8) is 0 Å². The van der Waals surface area contributed by atoms with Crippen LogP contribution in [0, 0.1) is 11.6 Å². The van der Waals surface area contributed by atoms with Crippen LogP contribution in [0.2, 0.25) is 5.15 Å². The number of anilines is 2. The van der Waals surface area contributed by atoms with E-state index in [0.29, 0.717) is 0 Å². The first-order valence-corrected chi connectivity index (χ1v) is 5.52. The molecule has 4 nitrogen and oxygen atoms in total. The van der Waals surface area contributed by atoms with Gasteiger partial charge in [0.2, 0.25) is 0 Å². The molecule has 3 N–H and O–H groups in total. The van der Waals surface area contributed by atoms with Crippen LogP contribution in [0.15, 0.2) is 30.5 Å². The van der Waals surface area contributed by atoms with Gasteiger partial charge in [-0.2, -0.15) is 0 Å². The van der Waals surface area contributed by atoms with Crippen LogP contribution < -0.4 is 11.1 Å². The van der Waals surface area contributed by atoms with E-state index in [9.17, 15) is 13.6 Å². The Balaban J connectivity index is 2.42. The fraction of sp³-hybridized carbons (Fsp3) is 0. The summed E-state index contributed by atoms with van der Waals surface area (Å²) in [4.78, 5) is 14.9. The van der Waals surface area contributed by atoms with Crippen LogP contribution in [0.4, 0.5) is 20.2 Å². The molecular weight excluding hydrogens is 276 g/mol. The molecule has 0 aliphatic heterocycles. The van der Waals surface area contributed by atoms with E-state index in [0.717, 1.165) is 18.2 Å². The lowest BCUT2D eigenvalue weighted by Crippen LogP contribution is -2.13. The van der Waals surface area contributed by atoms with Crippen molar-refractivity contribution < 1.29 is 13.6 Å². The van der Waals surface area contributed by atoms with Gasteiger partial charge in [0, 0.05) is 18.0 Å². The van der Waals surface area contributed by atoms with Gasteiger partial charge in [-0.1, -0.05) is 11.6 Å². The normalized spacial score (nSPS) is 10.3. The van der Waals surface area contributed by atoms with E-state index in [1.165, 1.54) is 12.3 Å². The van der Waals surface area contributed by atoms with Crippen molar-refractivity contribution >= 4 is 28.9 Å². The highest BCUT2D eigenvalue weighted by Gasteiger charge is 2.11. The lowest BCUT2D eigenvalue weighted by molar-refractivity contribution is 0.100. The molecule has 0 radical (unpaired) electrons. The molecule has 2 rings (SSSR count). The molecule has 0 unspecified atom stereocenters. The van der Waals surface area contributed by atoms with E-state index in [-0.39, 0.29) is 22.1 Å². The second kappa shape index (κ2) is 5.19. The molecule has 0 aliphatic rings. The number of halogens is 3.